The molecule has 0 bridgehead atoms. The molecule has 6 heteroatoms. The first-order valence-electron chi connectivity index (χ1n) is 11.1. The second-order valence-electron chi connectivity index (χ2n) is 8.68. The zero-order valence-corrected chi connectivity index (χ0v) is 19.8. The average molecular weight is 492 g/mol. The molecule has 5 nitrogen and oxygen atoms in total. The minimum atomic E-state index is 0. The van der Waals surface area contributed by atoms with Crippen LogP contribution in [0.3, 0.4) is 0 Å². The van der Waals surface area contributed by atoms with Crippen molar-refractivity contribution in [3.05, 3.63) is 0 Å². The van der Waals surface area contributed by atoms with Crippen molar-refractivity contribution in [1.29, 1.82) is 0 Å². The number of halogens is 1. The number of aliphatic imine (C=N–C) groups is 1. The van der Waals surface area contributed by atoms with Crippen molar-refractivity contribution in [2.24, 2.45) is 22.7 Å². The normalized spacial score (nSPS) is 30.2. The van der Waals surface area contributed by atoms with Crippen LogP contribution in [0.2, 0.25) is 0 Å². The van der Waals surface area contributed by atoms with Gasteiger partial charge in [0.25, 0.3) is 0 Å². The highest BCUT2D eigenvalue weighted by Crippen LogP contribution is 2.30. The fourth-order valence-electron chi connectivity index (χ4n) is 4.92. The lowest BCUT2D eigenvalue weighted by atomic mass is 9.81. The highest BCUT2D eigenvalue weighted by Gasteiger charge is 2.27. The van der Waals surface area contributed by atoms with E-state index in [-0.39, 0.29) is 24.0 Å². The summed E-state index contributed by atoms with van der Waals surface area (Å²) < 4.78 is 5.48. The molecule has 0 aromatic rings. The van der Waals surface area contributed by atoms with Crippen molar-refractivity contribution in [3.8, 4) is 0 Å². The molecule has 2 heterocycles. The van der Waals surface area contributed by atoms with Gasteiger partial charge in [-0.15, -0.1) is 24.0 Å². The van der Waals surface area contributed by atoms with E-state index >= 15 is 0 Å². The zero-order valence-electron chi connectivity index (χ0n) is 17.5. The molecule has 0 amide bonds. The van der Waals surface area contributed by atoms with Crippen molar-refractivity contribution in [2.45, 2.75) is 52.4 Å². The van der Waals surface area contributed by atoms with Gasteiger partial charge in [-0.05, 0) is 43.9 Å². The Labute approximate surface area is 183 Å². The van der Waals surface area contributed by atoms with Crippen LogP contribution in [0.1, 0.15) is 52.4 Å². The summed E-state index contributed by atoms with van der Waals surface area (Å²) in [6.07, 6.45) is 8.25. The Morgan fingerprint density at radius 2 is 1.93 bits per heavy atom. The molecular formula is C21H41IN4O. The average Bonchev–Trinajstić information content (AvgIpc) is 3.10. The SMILES string of the molecule is CCNC(=NCCC1CCCC(C)C1)N1CCC(CN2CCOCC2)C1.I. The monoisotopic (exact) mass is 492 g/mol. The molecule has 1 N–H and O–H groups in total. The lowest BCUT2D eigenvalue weighted by Crippen LogP contribution is -2.42. The number of likely N-dealkylation sites (tertiary alicyclic amines) is 1. The van der Waals surface area contributed by atoms with Crippen molar-refractivity contribution in [1.82, 2.24) is 15.1 Å². The first-order chi connectivity index (χ1) is 12.7. The minimum absolute atomic E-state index is 0. The van der Waals surface area contributed by atoms with Crippen LogP contribution in [0.15, 0.2) is 4.99 Å². The van der Waals surface area contributed by atoms with E-state index in [9.17, 15) is 0 Å². The number of hydrogen-bond acceptors (Lipinski definition) is 3. The molecule has 0 aromatic heterocycles. The number of nitrogens with one attached hydrogen (secondary N) is 1. The molecule has 0 radical (unpaired) electrons. The number of guanidine groups is 1. The predicted molar refractivity (Wildman–Crippen MR) is 124 cm³/mol. The zero-order chi connectivity index (χ0) is 18.2. The van der Waals surface area contributed by atoms with Gasteiger partial charge < -0.3 is 15.0 Å². The van der Waals surface area contributed by atoms with Crippen LogP contribution in [0.5, 0.6) is 0 Å². The Morgan fingerprint density at radius 3 is 2.67 bits per heavy atom. The second-order valence-corrected chi connectivity index (χ2v) is 8.68. The lowest BCUT2D eigenvalue weighted by Gasteiger charge is -2.29. The summed E-state index contributed by atoms with van der Waals surface area (Å²) in [5, 5.41) is 3.54. The molecule has 27 heavy (non-hydrogen) atoms. The number of rotatable bonds is 6. The van der Waals surface area contributed by atoms with Gasteiger partial charge in [-0.1, -0.05) is 26.2 Å². The summed E-state index contributed by atoms with van der Waals surface area (Å²) in [7, 11) is 0. The molecular weight excluding hydrogens is 451 g/mol. The highest BCUT2D eigenvalue weighted by molar-refractivity contribution is 14.0. The first kappa shape index (κ1) is 23.2. The highest BCUT2D eigenvalue weighted by atomic mass is 127. The van der Waals surface area contributed by atoms with Crippen LogP contribution in [-0.4, -0.2) is 74.8 Å². The van der Waals surface area contributed by atoms with Gasteiger partial charge in [0.2, 0.25) is 0 Å². The van der Waals surface area contributed by atoms with E-state index in [4.69, 9.17) is 9.73 Å². The molecule has 3 unspecified atom stereocenters. The van der Waals surface area contributed by atoms with Crippen LogP contribution < -0.4 is 5.32 Å². The maximum absolute atomic E-state index is 5.48. The molecule has 3 rings (SSSR count). The van der Waals surface area contributed by atoms with Gasteiger partial charge in [0, 0.05) is 45.8 Å². The van der Waals surface area contributed by atoms with Gasteiger partial charge in [0.05, 0.1) is 13.2 Å². The predicted octanol–water partition coefficient (Wildman–Crippen LogP) is 3.44. The maximum Gasteiger partial charge on any atom is 0.193 e. The van der Waals surface area contributed by atoms with Gasteiger partial charge in [-0.3, -0.25) is 9.89 Å². The summed E-state index contributed by atoms with van der Waals surface area (Å²) in [6.45, 7) is 14.1. The van der Waals surface area contributed by atoms with E-state index in [0.29, 0.717) is 0 Å². The molecule has 3 aliphatic rings. The van der Waals surface area contributed by atoms with Crippen molar-refractivity contribution in [3.63, 3.8) is 0 Å². The largest absolute Gasteiger partial charge is 0.379 e. The molecule has 3 atom stereocenters. The number of nitrogens with zero attached hydrogens (tertiary/aromatic N) is 3. The van der Waals surface area contributed by atoms with E-state index in [1.807, 2.05) is 0 Å². The fraction of sp³-hybridized carbons (Fsp3) is 0.952. The van der Waals surface area contributed by atoms with Crippen LogP contribution in [0.4, 0.5) is 0 Å². The van der Waals surface area contributed by atoms with Gasteiger partial charge in [0.1, 0.15) is 0 Å². The summed E-state index contributed by atoms with van der Waals surface area (Å²) in [5.41, 5.74) is 0. The standard InChI is InChI=1S/C21H40N4O.HI/c1-3-22-21(23-9-7-19-6-4-5-18(2)15-19)25-10-8-20(17-25)16-24-11-13-26-14-12-24;/h18-20H,3-17H2,1-2H3,(H,22,23);1H. The Balaban J connectivity index is 0.00000261. The fourth-order valence-corrected chi connectivity index (χ4v) is 4.92. The van der Waals surface area contributed by atoms with E-state index in [0.717, 1.165) is 76.2 Å². The molecule has 0 spiro atoms. The molecule has 2 aliphatic heterocycles. The third-order valence-corrected chi connectivity index (χ3v) is 6.38. The molecule has 2 saturated heterocycles. The number of hydrogen-bond donors (Lipinski definition) is 1. The van der Waals surface area contributed by atoms with Crippen LogP contribution in [0.25, 0.3) is 0 Å². The third kappa shape index (κ3) is 7.69. The molecule has 0 aromatic carbocycles. The van der Waals surface area contributed by atoms with Gasteiger partial charge in [-0.2, -0.15) is 0 Å². The van der Waals surface area contributed by atoms with Gasteiger partial charge in [0.15, 0.2) is 5.96 Å². The summed E-state index contributed by atoms with van der Waals surface area (Å²) in [4.78, 5) is 10.1. The van der Waals surface area contributed by atoms with Crippen molar-refractivity contribution >= 4 is 29.9 Å². The van der Waals surface area contributed by atoms with Crippen LogP contribution in [-0.2, 0) is 4.74 Å². The van der Waals surface area contributed by atoms with E-state index < -0.39 is 0 Å². The van der Waals surface area contributed by atoms with E-state index in [1.165, 1.54) is 45.1 Å². The van der Waals surface area contributed by atoms with Crippen LogP contribution >= 0.6 is 24.0 Å². The summed E-state index contributed by atoms with van der Waals surface area (Å²) >= 11 is 0. The van der Waals surface area contributed by atoms with Crippen molar-refractivity contribution < 1.29 is 4.74 Å². The molecule has 1 saturated carbocycles. The number of ether oxygens (including phenoxy) is 1. The molecule has 1 aliphatic carbocycles. The van der Waals surface area contributed by atoms with Gasteiger partial charge >= 0.3 is 0 Å². The Kier molecular flexibility index (Phi) is 10.7. The second kappa shape index (κ2) is 12.5. The number of morpholine rings is 1. The molecule has 158 valence electrons. The first-order valence-corrected chi connectivity index (χ1v) is 11.1. The Hall–Kier alpha value is -0.0800. The summed E-state index contributed by atoms with van der Waals surface area (Å²) in [6, 6.07) is 0. The molecule has 3 fully saturated rings. The lowest BCUT2D eigenvalue weighted by molar-refractivity contribution is 0.0315. The Bertz CT molecular complexity index is 442. The van der Waals surface area contributed by atoms with Gasteiger partial charge in [-0.25, -0.2) is 0 Å². The van der Waals surface area contributed by atoms with Crippen molar-refractivity contribution in [2.75, 3.05) is 59.0 Å². The third-order valence-electron chi connectivity index (χ3n) is 6.38. The quantitative estimate of drug-likeness (QED) is 0.351. The Morgan fingerprint density at radius 1 is 1.11 bits per heavy atom. The maximum atomic E-state index is 5.48. The van der Waals surface area contributed by atoms with E-state index in [2.05, 4.69) is 29.0 Å². The van der Waals surface area contributed by atoms with E-state index in [1.54, 1.807) is 0 Å². The van der Waals surface area contributed by atoms with Crippen LogP contribution in [0, 0.1) is 17.8 Å². The minimum Gasteiger partial charge on any atom is -0.379 e. The topological polar surface area (TPSA) is 40.1 Å². The summed E-state index contributed by atoms with van der Waals surface area (Å²) in [5.74, 6) is 3.75. The smallest absolute Gasteiger partial charge is 0.193 e.